The molecule has 3 aromatic rings. The van der Waals surface area contributed by atoms with Crippen molar-refractivity contribution in [1.82, 2.24) is 3.96 Å². The third kappa shape index (κ3) is 2.46. The lowest BCUT2D eigenvalue weighted by Crippen LogP contribution is -2.46. The number of aryl methyl sites for hydroxylation is 1. The summed E-state index contributed by atoms with van der Waals surface area (Å²) in [5.41, 5.74) is 3.76. The van der Waals surface area contributed by atoms with Gasteiger partial charge in [0.1, 0.15) is 4.64 Å². The van der Waals surface area contributed by atoms with Crippen LogP contribution < -0.4 is 4.90 Å². The van der Waals surface area contributed by atoms with E-state index < -0.39 is 17.2 Å². The van der Waals surface area contributed by atoms with E-state index in [0.717, 1.165) is 27.3 Å². The fourth-order valence-electron chi connectivity index (χ4n) is 4.20. The molecule has 2 aliphatic heterocycles. The van der Waals surface area contributed by atoms with Gasteiger partial charge in [-0.05, 0) is 56.7 Å². The minimum atomic E-state index is -0.721. The summed E-state index contributed by atoms with van der Waals surface area (Å²) in [5.74, 6) is -0.965. The molecule has 146 valence electrons. The van der Waals surface area contributed by atoms with Gasteiger partial charge in [0.05, 0.1) is 27.4 Å². The first-order chi connectivity index (χ1) is 13.6. The minimum absolute atomic E-state index is 0.446. The number of carbonyl (C=O) groups excluding carboxylic acids is 2. The Labute approximate surface area is 186 Å². The Morgan fingerprint density at radius 2 is 1.62 bits per heavy atom. The number of Topliss-reactive ketones (excluding diaryl/α,β-unsaturated/α-hetero) is 1. The number of hydrogen-bond donors (Lipinski definition) is 0. The van der Waals surface area contributed by atoms with Crippen LogP contribution in [0.4, 0.5) is 5.69 Å². The molecule has 0 saturated carbocycles. The van der Waals surface area contributed by atoms with E-state index in [2.05, 4.69) is 0 Å². The summed E-state index contributed by atoms with van der Waals surface area (Å²) in [6, 6.07) is 9.05. The van der Waals surface area contributed by atoms with Gasteiger partial charge in [-0.2, -0.15) is 0 Å². The highest BCUT2D eigenvalue weighted by molar-refractivity contribution is 7.71. The normalized spacial score (nSPS) is 16.2. The predicted octanol–water partition coefficient (Wildman–Crippen LogP) is 6.33. The standard InChI is InChI=1S/C21H14Cl2N2O2S2/c1-9-4-13-15-18(21(2,3)24-16(13)14(5-9)17(26)19(24)27)29-25(20(15)28)12-7-10(22)6-11(23)8-12/h4-8H,1-3H3. The summed E-state index contributed by atoms with van der Waals surface area (Å²) >= 11 is 19.7. The highest BCUT2D eigenvalue weighted by Gasteiger charge is 2.51. The van der Waals surface area contributed by atoms with Gasteiger partial charge in [-0.25, -0.2) is 0 Å². The molecule has 3 heterocycles. The van der Waals surface area contributed by atoms with Crippen molar-refractivity contribution >= 4 is 64.3 Å². The molecule has 0 N–H and O–H groups in total. The molecule has 1 amide bonds. The molecule has 1 aromatic heterocycles. The first-order valence-corrected chi connectivity index (χ1v) is 10.8. The van der Waals surface area contributed by atoms with Crippen molar-refractivity contribution in [2.75, 3.05) is 4.90 Å². The summed E-state index contributed by atoms with van der Waals surface area (Å²) < 4.78 is 2.51. The van der Waals surface area contributed by atoms with Crippen LogP contribution in [0.25, 0.3) is 16.8 Å². The van der Waals surface area contributed by atoms with Crippen molar-refractivity contribution in [2.45, 2.75) is 26.3 Å². The third-order valence-electron chi connectivity index (χ3n) is 5.39. The van der Waals surface area contributed by atoms with Crippen LogP contribution >= 0.6 is 47.0 Å². The number of halogens is 2. The molecule has 0 unspecified atom stereocenters. The van der Waals surface area contributed by atoms with Gasteiger partial charge in [0, 0.05) is 21.2 Å². The Hall–Kier alpha value is -1.99. The highest BCUT2D eigenvalue weighted by atomic mass is 35.5. The van der Waals surface area contributed by atoms with Crippen LogP contribution in [0.2, 0.25) is 10.0 Å². The lowest BCUT2D eigenvalue weighted by atomic mass is 9.87. The van der Waals surface area contributed by atoms with Crippen molar-refractivity contribution in [3.8, 4) is 16.8 Å². The number of amides is 1. The molecule has 2 aliphatic rings. The van der Waals surface area contributed by atoms with E-state index in [1.807, 2.05) is 30.8 Å². The largest absolute Gasteiger partial charge is 0.300 e. The lowest BCUT2D eigenvalue weighted by molar-refractivity contribution is -0.115. The smallest absolute Gasteiger partial charge is 0.294 e. The Bertz CT molecular complexity index is 1320. The molecular formula is C21H14Cl2N2O2S2. The summed E-state index contributed by atoms with van der Waals surface area (Å²) in [4.78, 5) is 28.1. The number of hydrogen-bond acceptors (Lipinski definition) is 4. The van der Waals surface area contributed by atoms with Gasteiger partial charge in [-0.15, -0.1) is 0 Å². The zero-order chi connectivity index (χ0) is 20.8. The van der Waals surface area contributed by atoms with Crippen molar-refractivity contribution in [2.24, 2.45) is 0 Å². The Morgan fingerprint density at radius 3 is 2.28 bits per heavy atom. The fourth-order valence-corrected chi connectivity index (χ4v) is 6.38. The zero-order valence-electron chi connectivity index (χ0n) is 15.7. The second-order valence-corrected chi connectivity index (χ2v) is 9.98. The number of anilines is 1. The molecule has 0 radical (unpaired) electrons. The van der Waals surface area contributed by atoms with Gasteiger partial charge in [0.25, 0.3) is 11.7 Å². The maximum atomic E-state index is 12.9. The van der Waals surface area contributed by atoms with Crippen LogP contribution in [-0.4, -0.2) is 15.6 Å². The van der Waals surface area contributed by atoms with Gasteiger partial charge < -0.3 is 0 Å². The summed E-state index contributed by atoms with van der Waals surface area (Å²) in [6.45, 7) is 5.79. The SMILES string of the molecule is Cc1cc2c3c(c1)-c1c(sn(-c4cc(Cl)cc(Cl)c4)c1=S)C(C)(C)N3C(=O)C2=O. The van der Waals surface area contributed by atoms with E-state index in [1.54, 1.807) is 29.2 Å². The molecule has 0 aliphatic carbocycles. The molecule has 0 bridgehead atoms. The quantitative estimate of drug-likeness (QED) is 0.314. The number of aromatic nitrogens is 1. The lowest BCUT2D eigenvalue weighted by Gasteiger charge is -2.39. The van der Waals surface area contributed by atoms with E-state index in [0.29, 0.717) is 25.9 Å². The van der Waals surface area contributed by atoms with Gasteiger partial charge in [-0.3, -0.25) is 18.4 Å². The molecule has 8 heteroatoms. The number of benzene rings is 2. The molecule has 0 fully saturated rings. The van der Waals surface area contributed by atoms with Crippen LogP contribution in [-0.2, 0) is 10.3 Å². The van der Waals surface area contributed by atoms with Crippen LogP contribution in [0.15, 0.2) is 30.3 Å². The van der Waals surface area contributed by atoms with Crippen LogP contribution in [0.1, 0.15) is 34.6 Å². The maximum Gasteiger partial charge on any atom is 0.300 e. The van der Waals surface area contributed by atoms with Crippen molar-refractivity contribution < 1.29 is 9.59 Å². The summed E-state index contributed by atoms with van der Waals surface area (Å²) in [7, 11) is 0. The number of ketones is 1. The average Bonchev–Trinajstić information content (AvgIpc) is 3.10. The number of fused-ring (bicyclic) bond motifs is 2. The molecule has 0 saturated heterocycles. The predicted molar refractivity (Wildman–Crippen MR) is 120 cm³/mol. The number of carbonyl (C=O) groups is 2. The van der Waals surface area contributed by atoms with Gasteiger partial charge >= 0.3 is 0 Å². The first kappa shape index (κ1) is 19.0. The van der Waals surface area contributed by atoms with Crippen molar-refractivity contribution in [3.63, 3.8) is 0 Å². The van der Waals surface area contributed by atoms with Gasteiger partial charge in [-0.1, -0.05) is 47.0 Å². The van der Waals surface area contributed by atoms with E-state index in [1.165, 1.54) is 11.5 Å². The second kappa shape index (κ2) is 6.01. The van der Waals surface area contributed by atoms with Crippen molar-refractivity contribution in [1.29, 1.82) is 0 Å². The summed E-state index contributed by atoms with van der Waals surface area (Å²) in [5, 5.41) is 1.03. The second-order valence-electron chi connectivity index (χ2n) is 7.76. The van der Waals surface area contributed by atoms with E-state index >= 15 is 0 Å². The number of rotatable bonds is 1. The molecule has 0 atom stereocenters. The molecule has 5 rings (SSSR count). The Balaban J connectivity index is 1.89. The van der Waals surface area contributed by atoms with Crippen molar-refractivity contribution in [3.05, 3.63) is 61.0 Å². The molecule has 29 heavy (non-hydrogen) atoms. The third-order valence-corrected chi connectivity index (χ3v) is 7.79. The molecular weight excluding hydrogens is 447 g/mol. The topological polar surface area (TPSA) is 42.3 Å². The Morgan fingerprint density at radius 1 is 1.00 bits per heavy atom. The fraction of sp³-hybridized carbons (Fsp3) is 0.190. The van der Waals surface area contributed by atoms with Gasteiger partial charge in [0.15, 0.2) is 0 Å². The highest BCUT2D eigenvalue weighted by Crippen LogP contribution is 2.54. The van der Waals surface area contributed by atoms with Crippen LogP contribution in [0.5, 0.6) is 0 Å². The van der Waals surface area contributed by atoms with E-state index in [-0.39, 0.29) is 0 Å². The molecule has 4 nitrogen and oxygen atoms in total. The minimum Gasteiger partial charge on any atom is -0.294 e. The molecule has 0 spiro atoms. The van der Waals surface area contributed by atoms with E-state index in [9.17, 15) is 9.59 Å². The Kier molecular flexibility index (Phi) is 3.94. The van der Waals surface area contributed by atoms with E-state index in [4.69, 9.17) is 35.4 Å². The average molecular weight is 461 g/mol. The van der Waals surface area contributed by atoms with Crippen LogP contribution in [0, 0.1) is 11.6 Å². The zero-order valence-corrected chi connectivity index (χ0v) is 18.8. The summed E-state index contributed by atoms with van der Waals surface area (Å²) in [6.07, 6.45) is 0. The van der Waals surface area contributed by atoms with Gasteiger partial charge in [0.2, 0.25) is 0 Å². The maximum absolute atomic E-state index is 12.9. The molecule has 2 aromatic carbocycles. The first-order valence-electron chi connectivity index (χ1n) is 8.88. The number of nitrogens with zero attached hydrogens (tertiary/aromatic N) is 2. The monoisotopic (exact) mass is 460 g/mol. The van der Waals surface area contributed by atoms with Crippen LogP contribution in [0.3, 0.4) is 0 Å².